The summed E-state index contributed by atoms with van der Waals surface area (Å²) in [5, 5.41) is 5.45. The summed E-state index contributed by atoms with van der Waals surface area (Å²) >= 11 is 1.75. The molecule has 2 rings (SSSR count). The molecule has 0 saturated heterocycles. The third kappa shape index (κ3) is 3.89. The molecule has 0 radical (unpaired) electrons. The van der Waals surface area contributed by atoms with Crippen molar-refractivity contribution in [2.75, 3.05) is 6.26 Å². The van der Waals surface area contributed by atoms with Crippen LogP contribution in [0.1, 0.15) is 16.0 Å². The van der Waals surface area contributed by atoms with E-state index in [1.165, 1.54) is 16.7 Å². The van der Waals surface area contributed by atoms with Crippen LogP contribution in [0.4, 0.5) is 0 Å². The molecule has 0 fully saturated rings. The van der Waals surface area contributed by atoms with Gasteiger partial charge in [0.2, 0.25) is 0 Å². The molecule has 0 unspecified atom stereocenters. The number of rotatable bonds is 5. The van der Waals surface area contributed by atoms with Gasteiger partial charge in [0.1, 0.15) is 0 Å². The van der Waals surface area contributed by atoms with Crippen LogP contribution in [0.3, 0.4) is 0 Å². The van der Waals surface area contributed by atoms with Crippen LogP contribution in [-0.2, 0) is 22.9 Å². The molecule has 3 nitrogen and oxygen atoms in total. The second-order valence-electron chi connectivity index (χ2n) is 4.55. The molecule has 1 aromatic carbocycles. The minimum Gasteiger partial charge on any atom is -0.308 e. The molecule has 1 heterocycles. The summed E-state index contributed by atoms with van der Waals surface area (Å²) in [6.07, 6.45) is 1.22. The maximum atomic E-state index is 11.3. The van der Waals surface area contributed by atoms with Gasteiger partial charge in [0.05, 0.1) is 4.90 Å². The van der Waals surface area contributed by atoms with E-state index in [9.17, 15) is 8.42 Å². The van der Waals surface area contributed by atoms with Gasteiger partial charge in [0.15, 0.2) is 9.84 Å². The number of thiophene rings is 1. The molecular weight excluding hydrogens is 278 g/mol. The van der Waals surface area contributed by atoms with Gasteiger partial charge >= 0.3 is 0 Å². The molecule has 0 amide bonds. The van der Waals surface area contributed by atoms with Crippen LogP contribution in [-0.4, -0.2) is 14.7 Å². The average molecular weight is 295 g/mol. The number of sulfone groups is 1. The fourth-order valence-electron chi connectivity index (χ4n) is 1.76. The highest BCUT2D eigenvalue weighted by atomic mass is 32.2. The van der Waals surface area contributed by atoms with Crippen LogP contribution in [0.2, 0.25) is 0 Å². The number of benzene rings is 1. The van der Waals surface area contributed by atoms with Crippen molar-refractivity contribution in [2.24, 2.45) is 0 Å². The standard InChI is InChI=1S/C14H17NO2S2/c1-11-7-8-18-14(11)10-15-9-12-3-5-13(6-4-12)19(2,16)17/h3-8,15H,9-10H2,1-2H3. The minimum absolute atomic E-state index is 0.366. The highest BCUT2D eigenvalue weighted by Crippen LogP contribution is 2.15. The lowest BCUT2D eigenvalue weighted by Gasteiger charge is -2.05. The SMILES string of the molecule is Cc1ccsc1CNCc1ccc(S(C)(=O)=O)cc1. The quantitative estimate of drug-likeness (QED) is 0.922. The van der Waals surface area contributed by atoms with Crippen molar-refractivity contribution in [1.29, 1.82) is 0 Å². The summed E-state index contributed by atoms with van der Waals surface area (Å²) in [6.45, 7) is 3.69. The lowest BCUT2D eigenvalue weighted by atomic mass is 10.2. The van der Waals surface area contributed by atoms with Gasteiger partial charge in [0, 0.05) is 24.2 Å². The van der Waals surface area contributed by atoms with Crippen LogP contribution in [0.5, 0.6) is 0 Å². The summed E-state index contributed by atoms with van der Waals surface area (Å²) in [5.41, 5.74) is 2.39. The first-order valence-electron chi connectivity index (χ1n) is 5.99. The monoisotopic (exact) mass is 295 g/mol. The lowest BCUT2D eigenvalue weighted by Crippen LogP contribution is -2.12. The molecule has 0 aliphatic heterocycles. The first kappa shape index (κ1) is 14.2. The fraction of sp³-hybridized carbons (Fsp3) is 0.286. The highest BCUT2D eigenvalue weighted by molar-refractivity contribution is 7.90. The summed E-state index contributed by atoms with van der Waals surface area (Å²) in [4.78, 5) is 1.71. The Hall–Kier alpha value is -1.17. The van der Waals surface area contributed by atoms with E-state index < -0.39 is 9.84 Å². The zero-order valence-corrected chi connectivity index (χ0v) is 12.6. The Morgan fingerprint density at radius 3 is 2.32 bits per heavy atom. The number of nitrogens with one attached hydrogen (secondary N) is 1. The Kier molecular flexibility index (Phi) is 4.39. The van der Waals surface area contributed by atoms with Crippen molar-refractivity contribution < 1.29 is 8.42 Å². The zero-order valence-electron chi connectivity index (χ0n) is 11.0. The van der Waals surface area contributed by atoms with E-state index in [1.54, 1.807) is 23.5 Å². The summed E-state index contributed by atoms with van der Waals surface area (Å²) in [6, 6.07) is 9.13. The summed E-state index contributed by atoms with van der Waals surface area (Å²) in [7, 11) is -3.10. The number of hydrogen-bond acceptors (Lipinski definition) is 4. The molecule has 5 heteroatoms. The Balaban J connectivity index is 1.92. The normalized spacial score (nSPS) is 11.7. The van der Waals surface area contributed by atoms with Crippen LogP contribution >= 0.6 is 11.3 Å². The molecule has 19 heavy (non-hydrogen) atoms. The van der Waals surface area contributed by atoms with Crippen molar-refractivity contribution >= 4 is 21.2 Å². The van der Waals surface area contributed by atoms with Gasteiger partial charge in [-0.05, 0) is 41.6 Å². The second-order valence-corrected chi connectivity index (χ2v) is 7.56. The van der Waals surface area contributed by atoms with Gasteiger partial charge in [-0.2, -0.15) is 0 Å². The number of hydrogen-bond donors (Lipinski definition) is 1. The molecule has 102 valence electrons. The van der Waals surface area contributed by atoms with Crippen molar-refractivity contribution in [1.82, 2.24) is 5.32 Å². The first-order chi connectivity index (χ1) is 8.97. The topological polar surface area (TPSA) is 46.2 Å². The van der Waals surface area contributed by atoms with Crippen LogP contribution < -0.4 is 5.32 Å². The zero-order chi connectivity index (χ0) is 13.9. The van der Waals surface area contributed by atoms with Gasteiger partial charge in [-0.1, -0.05) is 12.1 Å². The smallest absolute Gasteiger partial charge is 0.175 e. The van der Waals surface area contributed by atoms with Crippen LogP contribution in [0.15, 0.2) is 40.6 Å². The average Bonchev–Trinajstić information content (AvgIpc) is 2.75. The van der Waals surface area contributed by atoms with Crippen molar-refractivity contribution in [3.8, 4) is 0 Å². The van der Waals surface area contributed by atoms with E-state index in [1.807, 2.05) is 12.1 Å². The second kappa shape index (κ2) is 5.86. The van der Waals surface area contributed by atoms with Crippen molar-refractivity contribution in [2.45, 2.75) is 24.9 Å². The van der Waals surface area contributed by atoms with Gasteiger partial charge in [-0.3, -0.25) is 0 Å². The fourth-order valence-corrected chi connectivity index (χ4v) is 3.27. The Bertz CT molecular complexity index is 642. The third-order valence-electron chi connectivity index (χ3n) is 2.93. The van der Waals surface area contributed by atoms with E-state index in [2.05, 4.69) is 23.7 Å². The third-order valence-corrected chi connectivity index (χ3v) is 5.09. The highest BCUT2D eigenvalue weighted by Gasteiger charge is 2.06. The molecule has 0 bridgehead atoms. The van der Waals surface area contributed by atoms with Crippen molar-refractivity contribution in [3.63, 3.8) is 0 Å². The summed E-state index contributed by atoms with van der Waals surface area (Å²) in [5.74, 6) is 0. The van der Waals surface area contributed by atoms with E-state index in [-0.39, 0.29) is 0 Å². The van der Waals surface area contributed by atoms with E-state index in [4.69, 9.17) is 0 Å². The van der Waals surface area contributed by atoms with Gasteiger partial charge in [-0.15, -0.1) is 11.3 Å². The maximum Gasteiger partial charge on any atom is 0.175 e. The largest absolute Gasteiger partial charge is 0.308 e. The molecule has 0 atom stereocenters. The van der Waals surface area contributed by atoms with E-state index in [0.717, 1.165) is 18.7 Å². The molecule has 2 aromatic rings. The van der Waals surface area contributed by atoms with Crippen LogP contribution in [0, 0.1) is 6.92 Å². The summed E-state index contributed by atoms with van der Waals surface area (Å²) < 4.78 is 22.7. The Morgan fingerprint density at radius 2 is 1.79 bits per heavy atom. The molecule has 0 aliphatic carbocycles. The molecule has 0 saturated carbocycles. The number of aryl methyl sites for hydroxylation is 1. The molecular formula is C14H17NO2S2. The first-order valence-corrected chi connectivity index (χ1v) is 8.76. The molecule has 1 N–H and O–H groups in total. The predicted molar refractivity (Wildman–Crippen MR) is 79.2 cm³/mol. The maximum absolute atomic E-state index is 11.3. The molecule has 0 spiro atoms. The van der Waals surface area contributed by atoms with Crippen LogP contribution in [0.25, 0.3) is 0 Å². The van der Waals surface area contributed by atoms with Gasteiger partial charge in [-0.25, -0.2) is 8.42 Å². The van der Waals surface area contributed by atoms with Crippen molar-refractivity contribution in [3.05, 3.63) is 51.7 Å². The Labute approximate surface area is 118 Å². The van der Waals surface area contributed by atoms with E-state index in [0.29, 0.717) is 4.90 Å². The molecule has 0 aliphatic rings. The van der Waals surface area contributed by atoms with Gasteiger partial charge in [0.25, 0.3) is 0 Å². The lowest BCUT2D eigenvalue weighted by molar-refractivity contribution is 0.602. The predicted octanol–water partition coefficient (Wildman–Crippen LogP) is 2.75. The minimum atomic E-state index is -3.10. The molecule has 1 aromatic heterocycles. The Morgan fingerprint density at radius 1 is 1.11 bits per heavy atom. The van der Waals surface area contributed by atoms with E-state index >= 15 is 0 Å². The van der Waals surface area contributed by atoms with Gasteiger partial charge < -0.3 is 5.32 Å².